The number of rotatable bonds is 4. The van der Waals surface area contributed by atoms with Crippen LogP contribution in [0.2, 0.25) is 0 Å². The molecule has 2 rings (SSSR count). The monoisotopic (exact) mass is 262 g/mol. The van der Waals surface area contributed by atoms with E-state index in [9.17, 15) is 4.39 Å². The molecule has 0 unspecified atom stereocenters. The fraction of sp³-hybridized carbons (Fsp3) is 0.143. The van der Waals surface area contributed by atoms with Gasteiger partial charge in [-0.15, -0.1) is 11.8 Å². The molecule has 0 aliphatic rings. The van der Waals surface area contributed by atoms with Crippen LogP contribution in [-0.2, 0) is 6.54 Å². The minimum absolute atomic E-state index is 0.165. The maximum atomic E-state index is 13.2. The van der Waals surface area contributed by atoms with E-state index in [0.717, 1.165) is 5.56 Å². The number of para-hydroxylation sites is 1. The van der Waals surface area contributed by atoms with Crippen LogP contribution in [0, 0.1) is 5.82 Å². The van der Waals surface area contributed by atoms with Gasteiger partial charge in [0.15, 0.2) is 0 Å². The molecule has 94 valence electrons. The summed E-state index contributed by atoms with van der Waals surface area (Å²) in [7, 11) is 0. The average molecular weight is 262 g/mol. The fourth-order valence-corrected chi connectivity index (χ4v) is 2.04. The largest absolute Gasteiger partial charge is 0.395 e. The number of nitrogens with one attached hydrogen (secondary N) is 1. The molecule has 0 fully saturated rings. The third-order valence-corrected chi connectivity index (χ3v) is 3.44. The van der Waals surface area contributed by atoms with Gasteiger partial charge in [-0.05, 0) is 36.1 Å². The van der Waals surface area contributed by atoms with Crippen LogP contribution in [0.5, 0.6) is 0 Å². The van der Waals surface area contributed by atoms with Crippen molar-refractivity contribution in [1.29, 1.82) is 0 Å². The van der Waals surface area contributed by atoms with Gasteiger partial charge in [0.2, 0.25) is 0 Å². The van der Waals surface area contributed by atoms with E-state index in [-0.39, 0.29) is 5.69 Å². The first-order valence-corrected chi connectivity index (χ1v) is 6.84. The van der Waals surface area contributed by atoms with Crippen LogP contribution in [0.25, 0.3) is 0 Å². The van der Waals surface area contributed by atoms with E-state index in [1.165, 1.54) is 11.0 Å². The SMILES string of the molecule is CSc1ccc(CNc2cccc(F)c2N)cc1. The van der Waals surface area contributed by atoms with Gasteiger partial charge in [-0.2, -0.15) is 0 Å². The second-order valence-electron chi connectivity index (χ2n) is 3.90. The highest BCUT2D eigenvalue weighted by atomic mass is 32.2. The van der Waals surface area contributed by atoms with Crippen molar-refractivity contribution in [2.75, 3.05) is 17.3 Å². The number of anilines is 2. The Morgan fingerprint density at radius 1 is 1.17 bits per heavy atom. The molecule has 2 aromatic carbocycles. The number of hydrogen-bond acceptors (Lipinski definition) is 3. The molecule has 0 aliphatic carbocycles. The standard InChI is InChI=1S/C14H15FN2S/c1-18-11-7-5-10(6-8-11)9-17-13-4-2-3-12(15)14(13)16/h2-8,17H,9,16H2,1H3. The third kappa shape index (κ3) is 2.96. The van der Waals surface area contributed by atoms with Crippen LogP contribution in [0.3, 0.4) is 0 Å². The van der Waals surface area contributed by atoms with E-state index in [2.05, 4.69) is 17.4 Å². The zero-order chi connectivity index (χ0) is 13.0. The summed E-state index contributed by atoms with van der Waals surface area (Å²) in [6.07, 6.45) is 2.04. The summed E-state index contributed by atoms with van der Waals surface area (Å²) in [6, 6.07) is 13.0. The molecule has 0 aromatic heterocycles. The summed E-state index contributed by atoms with van der Waals surface area (Å²) < 4.78 is 13.2. The molecule has 0 saturated heterocycles. The predicted molar refractivity (Wildman–Crippen MR) is 76.4 cm³/mol. The van der Waals surface area contributed by atoms with Gasteiger partial charge in [-0.3, -0.25) is 0 Å². The zero-order valence-electron chi connectivity index (χ0n) is 10.1. The lowest BCUT2D eigenvalue weighted by Crippen LogP contribution is -2.03. The number of thioether (sulfide) groups is 1. The Balaban J connectivity index is 2.04. The summed E-state index contributed by atoms with van der Waals surface area (Å²) in [5.41, 5.74) is 7.58. The highest BCUT2D eigenvalue weighted by Crippen LogP contribution is 2.22. The lowest BCUT2D eigenvalue weighted by molar-refractivity contribution is 0.633. The number of halogens is 1. The van der Waals surface area contributed by atoms with Gasteiger partial charge in [-0.1, -0.05) is 18.2 Å². The molecule has 0 bridgehead atoms. The van der Waals surface area contributed by atoms with Crippen molar-refractivity contribution in [1.82, 2.24) is 0 Å². The predicted octanol–water partition coefficient (Wildman–Crippen LogP) is 3.74. The minimum atomic E-state index is -0.391. The molecule has 0 radical (unpaired) electrons. The van der Waals surface area contributed by atoms with Crippen molar-refractivity contribution in [3.63, 3.8) is 0 Å². The van der Waals surface area contributed by atoms with Gasteiger partial charge in [0.25, 0.3) is 0 Å². The van der Waals surface area contributed by atoms with Crippen LogP contribution >= 0.6 is 11.8 Å². The molecule has 0 atom stereocenters. The van der Waals surface area contributed by atoms with Gasteiger partial charge in [0.05, 0.1) is 11.4 Å². The quantitative estimate of drug-likeness (QED) is 0.651. The second kappa shape index (κ2) is 5.78. The maximum Gasteiger partial charge on any atom is 0.148 e. The number of nitrogen functional groups attached to an aromatic ring is 1. The Morgan fingerprint density at radius 3 is 2.56 bits per heavy atom. The Morgan fingerprint density at radius 2 is 1.89 bits per heavy atom. The van der Waals surface area contributed by atoms with Crippen LogP contribution in [0.1, 0.15) is 5.56 Å². The Labute approximate surface area is 110 Å². The van der Waals surface area contributed by atoms with Gasteiger partial charge >= 0.3 is 0 Å². The van der Waals surface area contributed by atoms with Gasteiger partial charge in [-0.25, -0.2) is 4.39 Å². The molecule has 2 nitrogen and oxygen atoms in total. The Bertz CT molecular complexity index is 526. The van der Waals surface area contributed by atoms with E-state index in [1.54, 1.807) is 23.9 Å². The van der Waals surface area contributed by atoms with Crippen LogP contribution < -0.4 is 11.1 Å². The molecule has 3 N–H and O–H groups in total. The summed E-state index contributed by atoms with van der Waals surface area (Å²) in [6.45, 7) is 0.627. The molecule has 0 aliphatic heterocycles. The molecule has 2 aromatic rings. The third-order valence-electron chi connectivity index (χ3n) is 2.69. The van der Waals surface area contributed by atoms with Crippen molar-refractivity contribution in [3.05, 3.63) is 53.8 Å². The topological polar surface area (TPSA) is 38.0 Å². The summed E-state index contributed by atoms with van der Waals surface area (Å²) in [4.78, 5) is 1.23. The number of nitrogens with two attached hydrogens (primary N) is 1. The summed E-state index contributed by atoms with van der Waals surface area (Å²) in [5.74, 6) is -0.391. The molecule has 0 heterocycles. The van der Waals surface area contributed by atoms with E-state index >= 15 is 0 Å². The molecular formula is C14H15FN2S. The zero-order valence-corrected chi connectivity index (χ0v) is 10.9. The highest BCUT2D eigenvalue weighted by molar-refractivity contribution is 7.98. The molecule has 18 heavy (non-hydrogen) atoms. The minimum Gasteiger partial charge on any atom is -0.395 e. The van der Waals surface area contributed by atoms with E-state index in [4.69, 9.17) is 5.73 Å². The first-order valence-electron chi connectivity index (χ1n) is 5.61. The lowest BCUT2D eigenvalue weighted by Gasteiger charge is -2.10. The highest BCUT2D eigenvalue weighted by Gasteiger charge is 2.03. The van der Waals surface area contributed by atoms with Gasteiger partial charge in [0, 0.05) is 11.4 Å². The van der Waals surface area contributed by atoms with Crippen LogP contribution in [0.4, 0.5) is 15.8 Å². The average Bonchev–Trinajstić information content (AvgIpc) is 2.41. The summed E-state index contributed by atoms with van der Waals surface area (Å²) >= 11 is 1.71. The molecule has 0 amide bonds. The Hall–Kier alpha value is -1.68. The summed E-state index contributed by atoms with van der Waals surface area (Å²) in [5, 5.41) is 3.14. The van der Waals surface area contributed by atoms with Crippen LogP contribution in [-0.4, -0.2) is 6.26 Å². The smallest absolute Gasteiger partial charge is 0.148 e. The van der Waals surface area contributed by atoms with Crippen LogP contribution in [0.15, 0.2) is 47.4 Å². The molecular weight excluding hydrogens is 247 g/mol. The van der Waals surface area contributed by atoms with Crippen molar-refractivity contribution in [3.8, 4) is 0 Å². The molecule has 0 spiro atoms. The van der Waals surface area contributed by atoms with Crippen molar-refractivity contribution in [2.45, 2.75) is 11.4 Å². The fourth-order valence-electron chi connectivity index (χ4n) is 1.63. The van der Waals surface area contributed by atoms with Crippen molar-refractivity contribution < 1.29 is 4.39 Å². The van der Waals surface area contributed by atoms with E-state index in [1.807, 2.05) is 18.4 Å². The molecule has 0 saturated carbocycles. The maximum absolute atomic E-state index is 13.2. The second-order valence-corrected chi connectivity index (χ2v) is 4.78. The van der Waals surface area contributed by atoms with Gasteiger partial charge < -0.3 is 11.1 Å². The number of benzene rings is 2. The first kappa shape index (κ1) is 12.8. The van der Waals surface area contributed by atoms with E-state index < -0.39 is 5.82 Å². The number of hydrogen-bond donors (Lipinski definition) is 2. The van der Waals surface area contributed by atoms with Crippen molar-refractivity contribution in [2.24, 2.45) is 0 Å². The van der Waals surface area contributed by atoms with E-state index in [0.29, 0.717) is 12.2 Å². The first-order chi connectivity index (χ1) is 8.70. The van der Waals surface area contributed by atoms with Gasteiger partial charge in [0.1, 0.15) is 5.82 Å². The lowest BCUT2D eigenvalue weighted by atomic mass is 10.2. The normalized spacial score (nSPS) is 10.3. The molecule has 4 heteroatoms. The van der Waals surface area contributed by atoms with Crippen molar-refractivity contribution >= 4 is 23.1 Å². The Kier molecular flexibility index (Phi) is 4.10.